The van der Waals surface area contributed by atoms with Crippen LogP contribution in [-0.4, -0.2) is 20.2 Å². The second-order valence-electron chi connectivity index (χ2n) is 6.97. The zero-order valence-corrected chi connectivity index (χ0v) is 14.9. The molecular formula is C18H30ClNO. The Morgan fingerprint density at radius 3 is 2.52 bits per heavy atom. The number of nitrogens with one attached hydrogen (secondary N) is 1. The minimum Gasteiger partial charge on any atom is -0.497 e. The molecule has 21 heavy (non-hydrogen) atoms. The fourth-order valence-corrected chi connectivity index (χ4v) is 2.54. The lowest BCUT2D eigenvalue weighted by molar-refractivity contribution is 0.300. The summed E-state index contributed by atoms with van der Waals surface area (Å²) in [6.45, 7) is 11.3. The quantitative estimate of drug-likeness (QED) is 0.652. The summed E-state index contributed by atoms with van der Waals surface area (Å²) in [6.07, 6.45) is 3.34. The van der Waals surface area contributed by atoms with Crippen LogP contribution in [0.3, 0.4) is 0 Å². The van der Waals surface area contributed by atoms with Gasteiger partial charge in [-0.2, -0.15) is 0 Å². The summed E-state index contributed by atoms with van der Waals surface area (Å²) in [5.74, 6) is 1.53. The van der Waals surface area contributed by atoms with Crippen molar-refractivity contribution in [1.82, 2.24) is 5.32 Å². The molecule has 0 saturated heterocycles. The van der Waals surface area contributed by atoms with Crippen molar-refractivity contribution in [2.24, 2.45) is 11.3 Å². The average Bonchev–Trinajstić information content (AvgIpc) is 2.42. The van der Waals surface area contributed by atoms with Crippen molar-refractivity contribution in [3.05, 3.63) is 28.8 Å². The van der Waals surface area contributed by atoms with Crippen molar-refractivity contribution in [2.45, 2.75) is 47.0 Å². The maximum atomic E-state index is 6.31. The van der Waals surface area contributed by atoms with E-state index in [4.69, 9.17) is 16.3 Å². The van der Waals surface area contributed by atoms with Gasteiger partial charge in [-0.3, -0.25) is 0 Å². The predicted molar refractivity (Wildman–Crippen MR) is 92.4 cm³/mol. The second kappa shape index (κ2) is 8.65. The predicted octanol–water partition coefficient (Wildman–Crippen LogP) is 4.94. The number of halogens is 1. The van der Waals surface area contributed by atoms with Crippen LogP contribution in [0.4, 0.5) is 0 Å². The van der Waals surface area contributed by atoms with E-state index in [1.165, 1.54) is 12.0 Å². The van der Waals surface area contributed by atoms with Crippen molar-refractivity contribution < 1.29 is 4.74 Å². The first kappa shape index (κ1) is 18.3. The highest BCUT2D eigenvalue weighted by atomic mass is 35.5. The van der Waals surface area contributed by atoms with E-state index in [0.29, 0.717) is 11.3 Å². The fourth-order valence-electron chi connectivity index (χ4n) is 2.27. The van der Waals surface area contributed by atoms with Gasteiger partial charge in [0.15, 0.2) is 0 Å². The van der Waals surface area contributed by atoms with Crippen LogP contribution in [0.2, 0.25) is 5.02 Å². The van der Waals surface area contributed by atoms with Gasteiger partial charge >= 0.3 is 0 Å². The third-order valence-electron chi connectivity index (χ3n) is 3.86. The van der Waals surface area contributed by atoms with Gasteiger partial charge in [0.1, 0.15) is 5.75 Å². The summed E-state index contributed by atoms with van der Waals surface area (Å²) in [7, 11) is 1.67. The van der Waals surface area contributed by atoms with Crippen LogP contribution < -0.4 is 10.1 Å². The summed E-state index contributed by atoms with van der Waals surface area (Å²) >= 11 is 6.31. The molecule has 0 amide bonds. The van der Waals surface area contributed by atoms with Crippen LogP contribution in [-0.2, 0) is 6.42 Å². The molecule has 0 unspecified atom stereocenters. The summed E-state index contributed by atoms with van der Waals surface area (Å²) in [6, 6.07) is 5.96. The SMILES string of the molecule is COc1ccc(CCC(C)(C)CCNCC(C)C)c(Cl)c1. The summed E-state index contributed by atoms with van der Waals surface area (Å²) < 4.78 is 5.19. The molecule has 0 spiro atoms. The monoisotopic (exact) mass is 311 g/mol. The van der Waals surface area contributed by atoms with E-state index < -0.39 is 0 Å². The van der Waals surface area contributed by atoms with Crippen LogP contribution >= 0.6 is 11.6 Å². The lowest BCUT2D eigenvalue weighted by Crippen LogP contribution is -2.25. The number of rotatable bonds is 9. The van der Waals surface area contributed by atoms with Crippen LogP contribution in [0.15, 0.2) is 18.2 Å². The third-order valence-corrected chi connectivity index (χ3v) is 4.21. The number of ether oxygens (including phenoxy) is 1. The highest BCUT2D eigenvalue weighted by Crippen LogP contribution is 2.30. The molecule has 0 aliphatic carbocycles. The lowest BCUT2D eigenvalue weighted by Gasteiger charge is -2.25. The maximum Gasteiger partial charge on any atom is 0.120 e. The molecular weight excluding hydrogens is 282 g/mol. The molecule has 1 aromatic carbocycles. The molecule has 0 aromatic heterocycles. The first-order valence-corrected chi connectivity index (χ1v) is 8.25. The Kier molecular flexibility index (Phi) is 7.55. The van der Waals surface area contributed by atoms with Crippen molar-refractivity contribution in [2.75, 3.05) is 20.2 Å². The van der Waals surface area contributed by atoms with Gasteiger partial charge in [-0.25, -0.2) is 0 Å². The molecule has 3 heteroatoms. The van der Waals surface area contributed by atoms with Crippen molar-refractivity contribution in [3.63, 3.8) is 0 Å². The van der Waals surface area contributed by atoms with E-state index in [1.807, 2.05) is 12.1 Å². The summed E-state index contributed by atoms with van der Waals surface area (Å²) in [5.41, 5.74) is 1.54. The Bertz CT molecular complexity index is 429. The van der Waals surface area contributed by atoms with Crippen molar-refractivity contribution >= 4 is 11.6 Å². The molecule has 0 fully saturated rings. The number of aryl methyl sites for hydroxylation is 1. The number of methoxy groups -OCH3 is 1. The number of benzene rings is 1. The molecule has 1 aromatic rings. The molecule has 1 rings (SSSR count). The van der Waals surface area contributed by atoms with Crippen molar-refractivity contribution in [1.29, 1.82) is 0 Å². The van der Waals surface area contributed by atoms with E-state index in [1.54, 1.807) is 7.11 Å². The second-order valence-corrected chi connectivity index (χ2v) is 7.38. The summed E-state index contributed by atoms with van der Waals surface area (Å²) in [5, 5.41) is 4.33. The minimum absolute atomic E-state index is 0.327. The van der Waals surface area contributed by atoms with Gasteiger partial charge in [0.05, 0.1) is 7.11 Å². The Hall–Kier alpha value is -0.730. The van der Waals surface area contributed by atoms with E-state index in [9.17, 15) is 0 Å². The smallest absolute Gasteiger partial charge is 0.120 e. The van der Waals surface area contributed by atoms with Gasteiger partial charge in [-0.15, -0.1) is 0 Å². The zero-order chi connectivity index (χ0) is 15.9. The van der Waals surface area contributed by atoms with Gasteiger partial charge in [-0.05, 0) is 61.4 Å². The van der Waals surface area contributed by atoms with E-state index in [-0.39, 0.29) is 0 Å². The van der Waals surface area contributed by atoms with Gasteiger partial charge < -0.3 is 10.1 Å². The number of hydrogen-bond acceptors (Lipinski definition) is 2. The lowest BCUT2D eigenvalue weighted by atomic mass is 9.83. The van der Waals surface area contributed by atoms with Crippen LogP contribution in [0.25, 0.3) is 0 Å². The molecule has 0 atom stereocenters. The highest BCUT2D eigenvalue weighted by Gasteiger charge is 2.18. The van der Waals surface area contributed by atoms with Gasteiger partial charge in [0.2, 0.25) is 0 Å². The Labute approximate surface area is 135 Å². The number of hydrogen-bond donors (Lipinski definition) is 1. The molecule has 1 N–H and O–H groups in total. The molecule has 0 heterocycles. The first-order valence-electron chi connectivity index (χ1n) is 7.87. The Morgan fingerprint density at radius 2 is 1.95 bits per heavy atom. The van der Waals surface area contributed by atoms with E-state index in [0.717, 1.165) is 36.7 Å². The van der Waals surface area contributed by atoms with E-state index >= 15 is 0 Å². The molecule has 2 nitrogen and oxygen atoms in total. The normalized spacial score (nSPS) is 12.0. The van der Waals surface area contributed by atoms with E-state index in [2.05, 4.69) is 39.1 Å². The third kappa shape index (κ3) is 7.19. The molecule has 0 radical (unpaired) electrons. The molecule has 0 aliphatic heterocycles. The molecule has 120 valence electrons. The van der Waals surface area contributed by atoms with Crippen LogP contribution in [0.1, 0.15) is 46.1 Å². The first-order chi connectivity index (χ1) is 9.84. The van der Waals surface area contributed by atoms with Gasteiger partial charge in [0.25, 0.3) is 0 Å². The summed E-state index contributed by atoms with van der Waals surface area (Å²) in [4.78, 5) is 0. The minimum atomic E-state index is 0.327. The topological polar surface area (TPSA) is 21.3 Å². The molecule has 0 bridgehead atoms. The van der Waals surface area contributed by atoms with Crippen LogP contribution in [0, 0.1) is 11.3 Å². The average molecular weight is 312 g/mol. The molecule has 0 aliphatic rings. The highest BCUT2D eigenvalue weighted by molar-refractivity contribution is 6.31. The zero-order valence-electron chi connectivity index (χ0n) is 14.1. The van der Waals surface area contributed by atoms with Crippen molar-refractivity contribution in [3.8, 4) is 5.75 Å². The van der Waals surface area contributed by atoms with Crippen LogP contribution in [0.5, 0.6) is 5.75 Å². The fraction of sp³-hybridized carbons (Fsp3) is 0.667. The standard InChI is InChI=1S/C18H30ClNO/c1-14(2)13-20-11-10-18(3,4)9-8-15-6-7-16(21-5)12-17(15)19/h6-7,12,14,20H,8-11,13H2,1-5H3. The van der Waals surface area contributed by atoms with Gasteiger partial charge in [0, 0.05) is 5.02 Å². The largest absolute Gasteiger partial charge is 0.497 e. The maximum absolute atomic E-state index is 6.31. The Morgan fingerprint density at radius 1 is 1.24 bits per heavy atom. The van der Waals surface area contributed by atoms with Gasteiger partial charge in [-0.1, -0.05) is 45.4 Å². The molecule has 0 saturated carbocycles. The Balaban J connectivity index is 2.42.